The molecule has 0 atom stereocenters. The molecule has 0 saturated carbocycles. The first-order valence-corrected chi connectivity index (χ1v) is 7.39. The van der Waals surface area contributed by atoms with Gasteiger partial charge >= 0.3 is 0 Å². The van der Waals surface area contributed by atoms with E-state index in [2.05, 4.69) is 16.4 Å². The number of amides is 1. The molecule has 1 amide bonds. The van der Waals surface area contributed by atoms with Gasteiger partial charge in [-0.25, -0.2) is 4.98 Å². The number of rotatable bonds is 4. The van der Waals surface area contributed by atoms with Crippen LogP contribution in [-0.4, -0.2) is 10.9 Å². The zero-order chi connectivity index (χ0) is 15.4. The molecule has 1 N–H and O–H groups in total. The Hall–Kier alpha value is -1.58. The third-order valence-electron chi connectivity index (χ3n) is 3.13. The van der Waals surface area contributed by atoms with E-state index in [9.17, 15) is 4.79 Å². The van der Waals surface area contributed by atoms with Crippen molar-refractivity contribution >= 4 is 34.8 Å². The summed E-state index contributed by atoms with van der Waals surface area (Å²) in [7, 11) is 0. The Balaban J connectivity index is 1.99. The van der Waals surface area contributed by atoms with Gasteiger partial charge in [0.05, 0.1) is 5.69 Å². The van der Waals surface area contributed by atoms with E-state index in [4.69, 9.17) is 23.2 Å². The van der Waals surface area contributed by atoms with Gasteiger partial charge in [0.2, 0.25) is 5.91 Å². The maximum Gasteiger partial charge on any atom is 0.224 e. The lowest BCUT2D eigenvalue weighted by Crippen LogP contribution is -2.14. The molecule has 21 heavy (non-hydrogen) atoms. The van der Waals surface area contributed by atoms with Crippen LogP contribution in [0, 0.1) is 13.8 Å². The number of anilines is 1. The topological polar surface area (TPSA) is 42.0 Å². The third kappa shape index (κ3) is 4.45. The number of hydrogen-bond donors (Lipinski definition) is 1. The quantitative estimate of drug-likeness (QED) is 0.837. The van der Waals surface area contributed by atoms with Gasteiger partial charge in [-0.3, -0.25) is 4.79 Å². The Bertz CT molecular complexity index is 648. The Morgan fingerprint density at radius 1 is 1.24 bits per heavy atom. The Morgan fingerprint density at radius 2 is 2.00 bits per heavy atom. The number of nitrogens with one attached hydrogen (secondary N) is 1. The lowest BCUT2D eigenvalue weighted by atomic mass is 10.1. The molecule has 2 aromatic rings. The van der Waals surface area contributed by atoms with E-state index < -0.39 is 0 Å². The second-order valence-corrected chi connectivity index (χ2v) is 5.71. The van der Waals surface area contributed by atoms with Gasteiger partial charge in [-0.1, -0.05) is 53.0 Å². The number of benzene rings is 1. The fourth-order valence-electron chi connectivity index (χ4n) is 2.07. The average molecular weight is 323 g/mol. The zero-order valence-corrected chi connectivity index (χ0v) is 13.4. The molecule has 1 aromatic heterocycles. The van der Waals surface area contributed by atoms with Crippen molar-refractivity contribution in [2.45, 2.75) is 26.7 Å². The predicted molar refractivity (Wildman–Crippen MR) is 87.1 cm³/mol. The molecule has 0 radical (unpaired) electrons. The summed E-state index contributed by atoms with van der Waals surface area (Å²) in [6, 6.07) is 9.79. The zero-order valence-electron chi connectivity index (χ0n) is 11.9. The minimum absolute atomic E-state index is 0.0920. The molecule has 2 rings (SSSR count). The summed E-state index contributed by atoms with van der Waals surface area (Å²) in [5.74, 6) is -0.0920. The maximum absolute atomic E-state index is 12.0. The largest absolute Gasteiger partial charge is 0.323 e. The second kappa shape index (κ2) is 6.92. The molecule has 0 aliphatic carbocycles. The van der Waals surface area contributed by atoms with Gasteiger partial charge in [-0.2, -0.15) is 0 Å². The van der Waals surface area contributed by atoms with Crippen molar-refractivity contribution in [2.24, 2.45) is 0 Å². The number of aryl methyl sites for hydroxylation is 3. The van der Waals surface area contributed by atoms with Crippen LogP contribution in [0.1, 0.15) is 23.1 Å². The van der Waals surface area contributed by atoms with Crippen LogP contribution in [0.15, 0.2) is 30.3 Å². The minimum atomic E-state index is -0.0920. The van der Waals surface area contributed by atoms with E-state index in [0.717, 1.165) is 11.1 Å². The van der Waals surface area contributed by atoms with Gasteiger partial charge in [-0.15, -0.1) is 0 Å². The van der Waals surface area contributed by atoms with Crippen molar-refractivity contribution in [3.05, 3.63) is 57.3 Å². The summed E-state index contributed by atoms with van der Waals surface area (Å²) in [5.41, 5.74) is 3.65. The van der Waals surface area contributed by atoms with Crippen LogP contribution in [-0.2, 0) is 11.2 Å². The lowest BCUT2D eigenvalue weighted by Gasteiger charge is -2.10. The van der Waals surface area contributed by atoms with Gasteiger partial charge in [0.15, 0.2) is 5.15 Å². The predicted octanol–water partition coefficient (Wildman–Crippen LogP) is 4.58. The molecule has 0 aliphatic heterocycles. The maximum atomic E-state index is 12.0. The molecule has 0 aliphatic rings. The molecule has 0 bridgehead atoms. The normalized spacial score (nSPS) is 10.5. The SMILES string of the molecule is Cc1cccc(CCC(=O)Nc2c(C)cc(Cl)nc2Cl)c1. The third-order valence-corrected chi connectivity index (χ3v) is 3.60. The van der Waals surface area contributed by atoms with Gasteiger partial charge in [-0.05, 0) is 37.5 Å². The number of nitrogens with zero attached hydrogens (tertiary/aromatic N) is 1. The summed E-state index contributed by atoms with van der Waals surface area (Å²) in [4.78, 5) is 16.0. The van der Waals surface area contributed by atoms with Crippen LogP contribution in [0.25, 0.3) is 0 Å². The molecule has 3 nitrogen and oxygen atoms in total. The Morgan fingerprint density at radius 3 is 2.67 bits per heavy atom. The molecule has 1 heterocycles. The van der Waals surface area contributed by atoms with E-state index in [-0.39, 0.29) is 11.1 Å². The Labute approximate surface area is 134 Å². The number of aromatic nitrogens is 1. The van der Waals surface area contributed by atoms with Crippen molar-refractivity contribution in [1.29, 1.82) is 0 Å². The summed E-state index contributed by atoms with van der Waals surface area (Å²) in [5, 5.41) is 3.33. The lowest BCUT2D eigenvalue weighted by molar-refractivity contribution is -0.116. The van der Waals surface area contributed by atoms with Crippen LogP contribution in [0.3, 0.4) is 0 Å². The molecule has 0 unspecified atom stereocenters. The molecule has 0 spiro atoms. The number of carbonyl (C=O) groups excluding carboxylic acids is 1. The van der Waals surface area contributed by atoms with Gasteiger partial charge < -0.3 is 5.32 Å². The smallest absolute Gasteiger partial charge is 0.224 e. The summed E-state index contributed by atoms with van der Waals surface area (Å²) >= 11 is 11.8. The summed E-state index contributed by atoms with van der Waals surface area (Å²) in [6.45, 7) is 3.86. The van der Waals surface area contributed by atoms with Gasteiger partial charge in [0.25, 0.3) is 0 Å². The van der Waals surface area contributed by atoms with E-state index in [1.165, 1.54) is 5.56 Å². The number of hydrogen-bond acceptors (Lipinski definition) is 2. The highest BCUT2D eigenvalue weighted by atomic mass is 35.5. The first kappa shape index (κ1) is 15.8. The van der Waals surface area contributed by atoms with Crippen LogP contribution < -0.4 is 5.32 Å². The molecule has 0 fully saturated rings. The van der Waals surface area contributed by atoms with E-state index in [0.29, 0.717) is 23.7 Å². The van der Waals surface area contributed by atoms with Crippen molar-refractivity contribution in [2.75, 3.05) is 5.32 Å². The van der Waals surface area contributed by atoms with E-state index in [1.54, 1.807) is 6.07 Å². The highest BCUT2D eigenvalue weighted by molar-refractivity contribution is 6.34. The van der Waals surface area contributed by atoms with Gasteiger partial charge in [0.1, 0.15) is 5.15 Å². The van der Waals surface area contributed by atoms with Crippen LogP contribution >= 0.6 is 23.2 Å². The fraction of sp³-hybridized carbons (Fsp3) is 0.250. The monoisotopic (exact) mass is 322 g/mol. The standard InChI is InChI=1S/C16H16Cl2N2O/c1-10-4-3-5-12(8-10)6-7-14(21)20-15-11(2)9-13(17)19-16(15)18/h3-5,8-9H,6-7H2,1-2H3,(H,20,21). The molecular formula is C16H16Cl2N2O. The summed E-state index contributed by atoms with van der Waals surface area (Å²) in [6.07, 6.45) is 1.08. The average Bonchev–Trinajstić information content (AvgIpc) is 2.40. The van der Waals surface area contributed by atoms with Crippen LogP contribution in [0.4, 0.5) is 5.69 Å². The van der Waals surface area contributed by atoms with E-state index in [1.807, 2.05) is 32.0 Å². The van der Waals surface area contributed by atoms with Crippen LogP contribution in [0.2, 0.25) is 10.3 Å². The molecule has 5 heteroatoms. The Kier molecular flexibility index (Phi) is 5.21. The number of halogens is 2. The first-order valence-electron chi connectivity index (χ1n) is 6.64. The minimum Gasteiger partial charge on any atom is -0.323 e. The summed E-state index contributed by atoms with van der Waals surface area (Å²) < 4.78 is 0. The van der Waals surface area contributed by atoms with Crippen molar-refractivity contribution < 1.29 is 4.79 Å². The van der Waals surface area contributed by atoms with Crippen LogP contribution in [0.5, 0.6) is 0 Å². The van der Waals surface area contributed by atoms with Crippen molar-refractivity contribution in [3.8, 4) is 0 Å². The fourth-order valence-corrected chi connectivity index (χ4v) is 2.65. The first-order chi connectivity index (χ1) is 9.95. The highest BCUT2D eigenvalue weighted by Gasteiger charge is 2.11. The molecule has 0 saturated heterocycles. The second-order valence-electron chi connectivity index (χ2n) is 4.96. The molecule has 1 aromatic carbocycles. The van der Waals surface area contributed by atoms with Crippen molar-refractivity contribution in [1.82, 2.24) is 4.98 Å². The molecule has 110 valence electrons. The van der Waals surface area contributed by atoms with Crippen molar-refractivity contribution in [3.63, 3.8) is 0 Å². The van der Waals surface area contributed by atoms with E-state index >= 15 is 0 Å². The molecular weight excluding hydrogens is 307 g/mol. The number of carbonyl (C=O) groups is 1. The highest BCUT2D eigenvalue weighted by Crippen LogP contribution is 2.26. The van der Waals surface area contributed by atoms with Gasteiger partial charge in [0, 0.05) is 6.42 Å². The number of pyridine rings is 1.